The summed E-state index contributed by atoms with van der Waals surface area (Å²) in [7, 11) is 0. The van der Waals surface area contributed by atoms with Gasteiger partial charge >= 0.3 is 5.97 Å². The van der Waals surface area contributed by atoms with Crippen molar-refractivity contribution in [1.29, 1.82) is 0 Å². The van der Waals surface area contributed by atoms with E-state index in [1.807, 2.05) is 0 Å². The highest BCUT2D eigenvalue weighted by atomic mass is 16.4. The Labute approximate surface area is 91.8 Å². The topological polar surface area (TPSA) is 79.3 Å². The fourth-order valence-electron chi connectivity index (χ4n) is 1.52. The Kier molecular flexibility index (Phi) is 2.68. The summed E-state index contributed by atoms with van der Waals surface area (Å²) in [4.78, 5) is 26.0. The number of nitrogens with one attached hydrogen (secondary N) is 1. The number of carbonyl (C=O) groups is 2. The van der Waals surface area contributed by atoms with E-state index < -0.39 is 5.97 Å². The molecule has 5 nitrogen and oxygen atoms in total. The number of anilines is 1. The Morgan fingerprint density at radius 3 is 3.12 bits per heavy atom. The molecule has 1 aliphatic heterocycles. The fourth-order valence-corrected chi connectivity index (χ4v) is 1.52. The first kappa shape index (κ1) is 10.4. The summed E-state index contributed by atoms with van der Waals surface area (Å²) in [6.45, 7) is 0.600. The van der Waals surface area contributed by atoms with Crippen LogP contribution < -0.4 is 5.32 Å². The van der Waals surface area contributed by atoms with E-state index in [4.69, 9.17) is 5.11 Å². The summed E-state index contributed by atoms with van der Waals surface area (Å²) >= 11 is 0. The molecule has 82 valence electrons. The summed E-state index contributed by atoms with van der Waals surface area (Å²) < 4.78 is 0. The number of carbonyl (C=O) groups excluding carboxylic acids is 1. The number of fused-ring (bicyclic) bond motifs is 1. The van der Waals surface area contributed by atoms with E-state index in [1.165, 1.54) is 12.3 Å². The van der Waals surface area contributed by atoms with E-state index in [-0.39, 0.29) is 5.78 Å². The van der Waals surface area contributed by atoms with Gasteiger partial charge in [0.05, 0.1) is 5.56 Å². The van der Waals surface area contributed by atoms with Crippen molar-refractivity contribution in [2.75, 3.05) is 11.9 Å². The molecule has 0 unspecified atom stereocenters. The predicted octanol–water partition coefficient (Wildman–Crippen LogP) is 1.18. The Balaban J connectivity index is 2.34. The lowest BCUT2D eigenvalue weighted by Gasteiger charge is -2.15. The van der Waals surface area contributed by atoms with Gasteiger partial charge in [0.1, 0.15) is 5.82 Å². The van der Waals surface area contributed by atoms with Crippen molar-refractivity contribution in [3.05, 3.63) is 29.5 Å². The van der Waals surface area contributed by atoms with Crippen molar-refractivity contribution in [2.45, 2.75) is 6.42 Å². The van der Waals surface area contributed by atoms with E-state index in [1.54, 1.807) is 6.07 Å². The minimum atomic E-state index is -1.03. The lowest BCUT2D eigenvalue weighted by Crippen LogP contribution is -2.19. The predicted molar refractivity (Wildman–Crippen MR) is 58.3 cm³/mol. The van der Waals surface area contributed by atoms with Gasteiger partial charge in [0, 0.05) is 25.2 Å². The highest BCUT2D eigenvalue weighted by Crippen LogP contribution is 2.20. The number of ketones is 1. The molecule has 0 saturated heterocycles. The third-order valence-corrected chi connectivity index (χ3v) is 2.27. The van der Waals surface area contributed by atoms with Crippen molar-refractivity contribution >= 4 is 23.6 Å². The first-order valence-electron chi connectivity index (χ1n) is 4.85. The molecule has 0 atom stereocenters. The van der Waals surface area contributed by atoms with Crippen LogP contribution >= 0.6 is 0 Å². The second kappa shape index (κ2) is 4.14. The van der Waals surface area contributed by atoms with Crippen LogP contribution in [0, 0.1) is 0 Å². The highest BCUT2D eigenvalue weighted by molar-refractivity contribution is 6.02. The number of hydrogen-bond donors (Lipinski definition) is 2. The van der Waals surface area contributed by atoms with Gasteiger partial charge in [-0.05, 0) is 17.7 Å². The molecule has 0 aromatic carbocycles. The van der Waals surface area contributed by atoms with Crippen molar-refractivity contribution in [2.24, 2.45) is 0 Å². The molecule has 1 aliphatic rings. The summed E-state index contributed by atoms with van der Waals surface area (Å²) in [6, 6.07) is 1.65. The zero-order valence-corrected chi connectivity index (χ0v) is 8.43. The van der Waals surface area contributed by atoms with E-state index in [9.17, 15) is 9.59 Å². The molecular formula is C11H10N2O3. The Bertz CT molecular complexity index is 480. The van der Waals surface area contributed by atoms with Crippen LogP contribution in [-0.4, -0.2) is 28.4 Å². The molecule has 0 bridgehead atoms. The van der Waals surface area contributed by atoms with Crippen molar-refractivity contribution in [1.82, 2.24) is 4.98 Å². The molecular weight excluding hydrogens is 208 g/mol. The Morgan fingerprint density at radius 1 is 1.56 bits per heavy atom. The normalized spacial score (nSPS) is 14.6. The summed E-state index contributed by atoms with van der Waals surface area (Å²) in [5.74, 6) is -0.419. The van der Waals surface area contributed by atoms with Gasteiger partial charge in [0.25, 0.3) is 0 Å². The Hall–Kier alpha value is -2.17. The number of rotatable bonds is 2. The number of carboxylic acids is 1. The molecule has 2 heterocycles. The molecule has 0 spiro atoms. The third-order valence-electron chi connectivity index (χ3n) is 2.27. The number of carboxylic acid groups (broad SMARTS) is 1. The van der Waals surface area contributed by atoms with Crippen molar-refractivity contribution < 1.29 is 14.7 Å². The minimum Gasteiger partial charge on any atom is -0.478 e. The van der Waals surface area contributed by atoms with Gasteiger partial charge in [0.15, 0.2) is 5.78 Å². The standard InChI is InChI=1S/C11H10N2O3/c14-9-3-4-12-11-8(9)5-7(6-13-11)1-2-10(15)16/h1-2,5-6H,3-4H2,(H,12,13)(H,15,16)/b2-1+. The quantitative estimate of drug-likeness (QED) is 0.728. The summed E-state index contributed by atoms with van der Waals surface area (Å²) in [6.07, 6.45) is 4.41. The van der Waals surface area contributed by atoms with Gasteiger partial charge in [-0.1, -0.05) is 0 Å². The average Bonchev–Trinajstić information content (AvgIpc) is 2.27. The monoisotopic (exact) mass is 218 g/mol. The van der Waals surface area contributed by atoms with Crippen molar-refractivity contribution in [3.8, 4) is 0 Å². The molecule has 0 radical (unpaired) electrons. The highest BCUT2D eigenvalue weighted by Gasteiger charge is 2.17. The van der Waals surface area contributed by atoms with Crippen LogP contribution in [0.25, 0.3) is 6.08 Å². The van der Waals surface area contributed by atoms with Crippen LogP contribution in [0.2, 0.25) is 0 Å². The van der Waals surface area contributed by atoms with Gasteiger partial charge in [-0.25, -0.2) is 9.78 Å². The van der Waals surface area contributed by atoms with Crippen LogP contribution in [0.3, 0.4) is 0 Å². The van der Waals surface area contributed by atoms with Gasteiger partial charge < -0.3 is 10.4 Å². The lowest BCUT2D eigenvalue weighted by atomic mass is 10.0. The Morgan fingerprint density at radius 2 is 2.38 bits per heavy atom. The number of aliphatic carboxylic acids is 1. The number of nitrogens with zero attached hydrogens (tertiary/aromatic N) is 1. The van der Waals surface area contributed by atoms with E-state index in [0.29, 0.717) is 29.9 Å². The van der Waals surface area contributed by atoms with Gasteiger partial charge in [-0.15, -0.1) is 0 Å². The number of pyridine rings is 1. The second-order valence-electron chi connectivity index (χ2n) is 3.44. The van der Waals surface area contributed by atoms with Gasteiger partial charge in [-0.3, -0.25) is 4.79 Å². The summed E-state index contributed by atoms with van der Waals surface area (Å²) in [5, 5.41) is 11.5. The largest absolute Gasteiger partial charge is 0.478 e. The van der Waals surface area contributed by atoms with E-state index in [0.717, 1.165) is 6.08 Å². The minimum absolute atomic E-state index is 0.0341. The van der Waals surface area contributed by atoms with Gasteiger partial charge in [0.2, 0.25) is 0 Å². The molecule has 0 saturated carbocycles. The SMILES string of the molecule is O=C(O)/C=C/c1cnc2c(c1)C(=O)CCN2. The average molecular weight is 218 g/mol. The maximum absolute atomic E-state index is 11.6. The number of aromatic nitrogens is 1. The maximum atomic E-state index is 11.6. The zero-order chi connectivity index (χ0) is 11.5. The number of Topliss-reactive ketones (excluding diaryl/α,β-unsaturated/α-hetero) is 1. The molecule has 2 N–H and O–H groups in total. The van der Waals surface area contributed by atoms with Crippen LogP contribution in [0.4, 0.5) is 5.82 Å². The number of hydrogen-bond acceptors (Lipinski definition) is 4. The second-order valence-corrected chi connectivity index (χ2v) is 3.44. The first-order chi connectivity index (χ1) is 7.66. The summed E-state index contributed by atoms with van der Waals surface area (Å²) in [5.41, 5.74) is 1.14. The van der Waals surface area contributed by atoms with Crippen LogP contribution in [-0.2, 0) is 4.79 Å². The molecule has 1 aromatic rings. The van der Waals surface area contributed by atoms with Crippen LogP contribution in [0.5, 0.6) is 0 Å². The fraction of sp³-hybridized carbons (Fsp3) is 0.182. The maximum Gasteiger partial charge on any atom is 0.328 e. The van der Waals surface area contributed by atoms with Gasteiger partial charge in [-0.2, -0.15) is 0 Å². The smallest absolute Gasteiger partial charge is 0.328 e. The van der Waals surface area contributed by atoms with Crippen LogP contribution in [0.15, 0.2) is 18.3 Å². The molecule has 0 aliphatic carbocycles. The molecule has 5 heteroatoms. The molecule has 0 amide bonds. The van der Waals surface area contributed by atoms with Crippen LogP contribution in [0.1, 0.15) is 22.3 Å². The molecule has 2 rings (SSSR count). The molecule has 16 heavy (non-hydrogen) atoms. The zero-order valence-electron chi connectivity index (χ0n) is 8.43. The van der Waals surface area contributed by atoms with E-state index in [2.05, 4.69) is 10.3 Å². The van der Waals surface area contributed by atoms with E-state index >= 15 is 0 Å². The first-order valence-corrected chi connectivity index (χ1v) is 4.85. The third kappa shape index (κ3) is 2.08. The lowest BCUT2D eigenvalue weighted by molar-refractivity contribution is -0.131. The molecule has 0 fully saturated rings. The van der Waals surface area contributed by atoms with Crippen molar-refractivity contribution in [3.63, 3.8) is 0 Å². The molecule has 1 aromatic heterocycles.